The van der Waals surface area contributed by atoms with Gasteiger partial charge in [0.2, 0.25) is 0 Å². The Balaban J connectivity index is 4.59. The maximum absolute atomic E-state index is 12.5. The van der Waals surface area contributed by atoms with Crippen LogP contribution < -0.4 is 5.73 Å². The standard InChI is InChI=1S/C37H64NO10P/c1-3-5-7-9-11-13-15-17-19-21-23-25-27-29-36(40)48-33(31-46-49(43,44)47-32-34(38)37(41)42)30-45-35(39)28-26-24-22-20-18-16-14-12-10-8-6-4-2/h5,7,11,13,17,19,23,25,33-34H,3-4,6,8-10,12,14-16,18,20-22,24,26-32,38H2,1-2H3,(H,41,42)(H,43,44)/b7-5-,13-11-,19-17-,25-23-. The zero-order chi connectivity index (χ0) is 36.4. The number of carbonyl (C=O) groups excluding carboxylic acids is 2. The molecule has 49 heavy (non-hydrogen) atoms. The Labute approximate surface area is 295 Å². The molecule has 0 saturated carbocycles. The average molecular weight is 714 g/mol. The van der Waals surface area contributed by atoms with Crippen LogP contribution in [0.15, 0.2) is 48.6 Å². The first-order valence-corrected chi connectivity index (χ1v) is 19.7. The van der Waals surface area contributed by atoms with Gasteiger partial charge in [-0.2, -0.15) is 0 Å². The summed E-state index contributed by atoms with van der Waals surface area (Å²) in [6.07, 6.45) is 33.5. The van der Waals surface area contributed by atoms with E-state index in [9.17, 15) is 23.8 Å². The summed E-state index contributed by atoms with van der Waals surface area (Å²) in [5.41, 5.74) is 5.30. The van der Waals surface area contributed by atoms with Crippen molar-refractivity contribution >= 4 is 25.7 Å². The van der Waals surface area contributed by atoms with Crippen molar-refractivity contribution in [2.75, 3.05) is 19.8 Å². The minimum absolute atomic E-state index is 0.0400. The number of carbonyl (C=O) groups is 3. The lowest BCUT2D eigenvalue weighted by molar-refractivity contribution is -0.161. The van der Waals surface area contributed by atoms with Crippen molar-refractivity contribution < 1.29 is 47.5 Å². The van der Waals surface area contributed by atoms with E-state index in [1.54, 1.807) is 0 Å². The largest absolute Gasteiger partial charge is 0.480 e. The van der Waals surface area contributed by atoms with Crippen molar-refractivity contribution in [1.29, 1.82) is 0 Å². The summed E-state index contributed by atoms with van der Waals surface area (Å²) in [6, 6.07) is -1.53. The fourth-order valence-electron chi connectivity index (χ4n) is 4.49. The van der Waals surface area contributed by atoms with E-state index in [1.165, 1.54) is 51.4 Å². The smallest absolute Gasteiger partial charge is 0.472 e. The second-order valence-corrected chi connectivity index (χ2v) is 13.4. The normalized spacial score (nSPS) is 14.5. The molecule has 0 saturated heterocycles. The first-order chi connectivity index (χ1) is 23.6. The van der Waals surface area contributed by atoms with E-state index >= 15 is 0 Å². The maximum atomic E-state index is 12.5. The third-order valence-electron chi connectivity index (χ3n) is 7.35. The predicted molar refractivity (Wildman–Crippen MR) is 194 cm³/mol. The van der Waals surface area contributed by atoms with Gasteiger partial charge in [0.05, 0.1) is 13.2 Å². The van der Waals surface area contributed by atoms with Crippen LogP contribution in [0.5, 0.6) is 0 Å². The molecule has 0 radical (unpaired) electrons. The summed E-state index contributed by atoms with van der Waals surface area (Å²) in [7, 11) is -4.72. The Morgan fingerprint density at radius 3 is 1.67 bits per heavy atom. The van der Waals surface area contributed by atoms with Crippen molar-refractivity contribution in [3.05, 3.63) is 48.6 Å². The van der Waals surface area contributed by atoms with Crippen molar-refractivity contribution in [2.24, 2.45) is 5.73 Å². The van der Waals surface area contributed by atoms with Gasteiger partial charge in [-0.05, 0) is 38.5 Å². The molecule has 0 spiro atoms. The molecule has 0 bridgehead atoms. The Bertz CT molecular complexity index is 1030. The lowest BCUT2D eigenvalue weighted by Gasteiger charge is -2.20. The Hall–Kier alpha value is -2.56. The number of phosphoric acid groups is 1. The van der Waals surface area contributed by atoms with E-state index in [1.807, 2.05) is 18.2 Å². The minimum Gasteiger partial charge on any atom is -0.480 e. The number of hydrogen-bond donors (Lipinski definition) is 3. The quantitative estimate of drug-likeness (QED) is 0.0257. The molecule has 0 aliphatic rings. The summed E-state index contributed by atoms with van der Waals surface area (Å²) in [4.78, 5) is 45.6. The van der Waals surface area contributed by atoms with Gasteiger partial charge in [-0.3, -0.25) is 23.4 Å². The highest BCUT2D eigenvalue weighted by molar-refractivity contribution is 7.47. The van der Waals surface area contributed by atoms with E-state index in [4.69, 9.17) is 24.8 Å². The van der Waals surface area contributed by atoms with Gasteiger partial charge >= 0.3 is 25.7 Å². The Morgan fingerprint density at radius 1 is 0.653 bits per heavy atom. The second-order valence-electron chi connectivity index (χ2n) is 12.0. The first kappa shape index (κ1) is 46.4. The van der Waals surface area contributed by atoms with Gasteiger partial charge in [0.1, 0.15) is 12.6 Å². The highest BCUT2D eigenvalue weighted by Gasteiger charge is 2.28. The number of aliphatic carboxylic acids is 1. The van der Waals surface area contributed by atoms with Gasteiger partial charge in [0, 0.05) is 12.8 Å². The third-order valence-corrected chi connectivity index (χ3v) is 8.31. The SMILES string of the molecule is CC/C=C\C/C=C\C/C=C\C/C=C\CCC(=O)OC(COC(=O)CCCCCCCCCCCCCC)COP(=O)(O)OCC(N)C(=O)O. The molecule has 11 nitrogen and oxygen atoms in total. The zero-order valence-electron chi connectivity index (χ0n) is 30.0. The maximum Gasteiger partial charge on any atom is 0.472 e. The predicted octanol–water partition coefficient (Wildman–Crippen LogP) is 8.66. The lowest BCUT2D eigenvalue weighted by Crippen LogP contribution is -2.34. The van der Waals surface area contributed by atoms with Crippen LogP contribution in [0.2, 0.25) is 0 Å². The van der Waals surface area contributed by atoms with Gasteiger partial charge < -0.3 is 25.2 Å². The van der Waals surface area contributed by atoms with E-state index < -0.39 is 51.1 Å². The molecule has 3 atom stereocenters. The molecule has 0 aromatic heterocycles. The number of nitrogens with two attached hydrogens (primary N) is 1. The average Bonchev–Trinajstić information content (AvgIpc) is 3.07. The van der Waals surface area contributed by atoms with E-state index in [2.05, 4.69) is 48.8 Å². The van der Waals surface area contributed by atoms with Crippen molar-refractivity contribution in [3.63, 3.8) is 0 Å². The van der Waals surface area contributed by atoms with Crippen molar-refractivity contribution in [3.8, 4) is 0 Å². The number of ether oxygens (including phenoxy) is 2. The fourth-order valence-corrected chi connectivity index (χ4v) is 5.27. The van der Waals surface area contributed by atoms with Crippen molar-refractivity contribution in [2.45, 2.75) is 148 Å². The molecule has 0 aromatic carbocycles. The summed E-state index contributed by atoms with van der Waals surface area (Å²) in [6.45, 7) is 2.57. The highest BCUT2D eigenvalue weighted by atomic mass is 31.2. The monoisotopic (exact) mass is 713 g/mol. The van der Waals surface area contributed by atoms with Gasteiger partial charge in [0.25, 0.3) is 0 Å². The van der Waals surface area contributed by atoms with Crippen LogP contribution in [0.3, 0.4) is 0 Å². The topological polar surface area (TPSA) is 172 Å². The molecule has 0 rings (SSSR count). The summed E-state index contributed by atoms with van der Waals surface area (Å²) >= 11 is 0. The number of esters is 2. The molecule has 0 aromatic rings. The molecule has 12 heteroatoms. The molecule has 4 N–H and O–H groups in total. The number of rotatable bonds is 33. The van der Waals surface area contributed by atoms with E-state index in [0.29, 0.717) is 12.8 Å². The molecule has 282 valence electrons. The molecular weight excluding hydrogens is 649 g/mol. The van der Waals surface area contributed by atoms with Gasteiger partial charge in [-0.25, -0.2) is 4.57 Å². The van der Waals surface area contributed by atoms with Crippen LogP contribution in [0, 0.1) is 0 Å². The van der Waals surface area contributed by atoms with Gasteiger partial charge in [0.15, 0.2) is 6.10 Å². The van der Waals surface area contributed by atoms with Crippen LogP contribution in [-0.2, 0) is 37.5 Å². The minimum atomic E-state index is -4.72. The number of hydrogen-bond acceptors (Lipinski definition) is 9. The first-order valence-electron chi connectivity index (χ1n) is 18.2. The van der Waals surface area contributed by atoms with E-state index in [0.717, 1.165) is 44.9 Å². The molecule has 0 amide bonds. The lowest BCUT2D eigenvalue weighted by atomic mass is 10.0. The van der Waals surface area contributed by atoms with Gasteiger partial charge in [-0.15, -0.1) is 0 Å². The van der Waals surface area contributed by atoms with Crippen LogP contribution in [-0.4, -0.2) is 59.9 Å². The number of allylic oxidation sites excluding steroid dienone is 8. The van der Waals surface area contributed by atoms with Crippen LogP contribution in [0.4, 0.5) is 0 Å². The second kappa shape index (κ2) is 32.6. The Kier molecular flexibility index (Phi) is 30.9. The fraction of sp³-hybridized carbons (Fsp3) is 0.703. The van der Waals surface area contributed by atoms with Crippen LogP contribution >= 0.6 is 7.82 Å². The van der Waals surface area contributed by atoms with Crippen molar-refractivity contribution in [1.82, 2.24) is 0 Å². The number of phosphoric ester groups is 1. The molecule has 3 unspecified atom stereocenters. The van der Waals surface area contributed by atoms with Gasteiger partial charge in [-0.1, -0.05) is 133 Å². The number of unbranched alkanes of at least 4 members (excludes halogenated alkanes) is 11. The Morgan fingerprint density at radius 2 is 1.14 bits per heavy atom. The summed E-state index contributed by atoms with van der Waals surface area (Å²) < 4.78 is 32.4. The zero-order valence-corrected chi connectivity index (χ0v) is 30.9. The van der Waals surface area contributed by atoms with E-state index in [-0.39, 0.29) is 19.4 Å². The number of carboxylic acids is 1. The molecule has 0 fully saturated rings. The molecule has 0 aliphatic heterocycles. The summed E-state index contributed by atoms with van der Waals surface area (Å²) in [5, 5.41) is 8.84. The number of carboxylic acid groups (broad SMARTS) is 1. The molecule has 0 aliphatic carbocycles. The summed E-state index contributed by atoms with van der Waals surface area (Å²) in [5.74, 6) is -2.49. The molecular formula is C37H64NO10P. The van der Waals surface area contributed by atoms with Crippen LogP contribution in [0.1, 0.15) is 136 Å². The van der Waals surface area contributed by atoms with Crippen LogP contribution in [0.25, 0.3) is 0 Å². The third kappa shape index (κ3) is 32.4. The molecule has 0 heterocycles. The highest BCUT2D eigenvalue weighted by Crippen LogP contribution is 2.43.